The van der Waals surface area contributed by atoms with Crippen LogP contribution in [0.5, 0.6) is 0 Å². The van der Waals surface area contributed by atoms with E-state index in [1.54, 1.807) is 11.8 Å². The number of rotatable bonds is 1. The van der Waals surface area contributed by atoms with E-state index in [1.807, 2.05) is 24.4 Å². The minimum atomic E-state index is 0.0381. The van der Waals surface area contributed by atoms with E-state index >= 15 is 0 Å². The minimum absolute atomic E-state index is 0.0381. The zero-order valence-corrected chi connectivity index (χ0v) is 12.0. The summed E-state index contributed by atoms with van der Waals surface area (Å²) in [7, 11) is 0. The standard InChI is InChI=1S/C15H17N3S/c1-15(2)8-10-19-14(18-15)17-13-7-3-6-12-11(13)5-4-9-16-12/h3-7,9H,8,10H2,1-2H3,(H,17,18). The Balaban J connectivity index is 1.96. The molecule has 1 N–H and O–H groups in total. The molecule has 0 fully saturated rings. The number of aliphatic imine (C=N–C) groups is 1. The fourth-order valence-electron chi connectivity index (χ4n) is 2.15. The maximum atomic E-state index is 4.76. The van der Waals surface area contributed by atoms with Crippen molar-refractivity contribution < 1.29 is 0 Å². The van der Waals surface area contributed by atoms with E-state index in [0.717, 1.165) is 33.9 Å². The van der Waals surface area contributed by atoms with Crippen LogP contribution in [0.1, 0.15) is 20.3 Å². The molecule has 19 heavy (non-hydrogen) atoms. The third-order valence-electron chi connectivity index (χ3n) is 3.24. The van der Waals surface area contributed by atoms with E-state index in [-0.39, 0.29) is 5.54 Å². The molecular formula is C15H17N3S. The second-order valence-electron chi connectivity index (χ2n) is 5.33. The molecule has 0 spiro atoms. The number of nitrogens with zero attached hydrogens (tertiary/aromatic N) is 2. The summed E-state index contributed by atoms with van der Waals surface area (Å²) in [6.45, 7) is 4.36. The molecule has 1 aromatic heterocycles. The van der Waals surface area contributed by atoms with Gasteiger partial charge in [-0.05, 0) is 44.5 Å². The van der Waals surface area contributed by atoms with Crippen molar-refractivity contribution >= 4 is 33.5 Å². The van der Waals surface area contributed by atoms with E-state index in [1.165, 1.54) is 0 Å². The summed E-state index contributed by atoms with van der Waals surface area (Å²) in [4.78, 5) is 9.14. The number of aromatic nitrogens is 1. The number of thioether (sulfide) groups is 1. The zero-order chi connectivity index (χ0) is 13.3. The Morgan fingerprint density at radius 1 is 1.21 bits per heavy atom. The molecular weight excluding hydrogens is 254 g/mol. The van der Waals surface area contributed by atoms with Gasteiger partial charge in [-0.15, -0.1) is 0 Å². The second-order valence-corrected chi connectivity index (χ2v) is 6.41. The molecule has 1 aromatic carbocycles. The first kappa shape index (κ1) is 12.5. The molecule has 0 bridgehead atoms. The Hall–Kier alpha value is -1.55. The molecule has 0 amide bonds. The van der Waals surface area contributed by atoms with Gasteiger partial charge >= 0.3 is 0 Å². The van der Waals surface area contributed by atoms with Gasteiger partial charge in [-0.25, -0.2) is 0 Å². The molecule has 0 saturated heterocycles. The van der Waals surface area contributed by atoms with Crippen molar-refractivity contribution in [3.63, 3.8) is 0 Å². The highest BCUT2D eigenvalue weighted by Gasteiger charge is 2.22. The lowest BCUT2D eigenvalue weighted by Gasteiger charge is -2.26. The summed E-state index contributed by atoms with van der Waals surface area (Å²) in [6.07, 6.45) is 2.95. The highest BCUT2D eigenvalue weighted by Crippen LogP contribution is 2.28. The number of hydrogen-bond donors (Lipinski definition) is 1. The van der Waals surface area contributed by atoms with E-state index in [0.29, 0.717) is 0 Å². The summed E-state index contributed by atoms with van der Waals surface area (Å²) in [6, 6.07) is 10.2. The van der Waals surface area contributed by atoms with Crippen molar-refractivity contribution in [2.75, 3.05) is 11.1 Å². The van der Waals surface area contributed by atoms with Crippen LogP contribution in [0.2, 0.25) is 0 Å². The number of hydrogen-bond acceptors (Lipinski definition) is 4. The average Bonchev–Trinajstić information content (AvgIpc) is 2.38. The molecule has 2 heterocycles. The van der Waals surface area contributed by atoms with Gasteiger partial charge in [0.2, 0.25) is 0 Å². The summed E-state index contributed by atoms with van der Waals surface area (Å²) < 4.78 is 0. The minimum Gasteiger partial charge on any atom is -0.334 e. The van der Waals surface area contributed by atoms with Crippen LogP contribution in [0, 0.1) is 0 Å². The first-order valence-electron chi connectivity index (χ1n) is 6.47. The van der Waals surface area contributed by atoms with Crippen molar-refractivity contribution in [2.24, 2.45) is 4.99 Å². The van der Waals surface area contributed by atoms with Crippen molar-refractivity contribution in [3.8, 4) is 0 Å². The third kappa shape index (κ3) is 2.73. The van der Waals surface area contributed by atoms with E-state index in [9.17, 15) is 0 Å². The van der Waals surface area contributed by atoms with Crippen molar-refractivity contribution in [1.82, 2.24) is 4.98 Å². The SMILES string of the molecule is CC1(C)CCSC(Nc2cccc3ncccc23)=N1. The fraction of sp³-hybridized carbons (Fsp3) is 0.333. The molecule has 98 valence electrons. The molecule has 0 saturated carbocycles. The predicted octanol–water partition coefficient (Wildman–Crippen LogP) is 3.92. The Morgan fingerprint density at radius 3 is 2.95 bits per heavy atom. The van der Waals surface area contributed by atoms with Crippen LogP contribution in [0.4, 0.5) is 5.69 Å². The van der Waals surface area contributed by atoms with Crippen LogP contribution in [0.25, 0.3) is 10.9 Å². The maximum absolute atomic E-state index is 4.76. The smallest absolute Gasteiger partial charge is 0.161 e. The Labute approximate surface area is 117 Å². The summed E-state index contributed by atoms with van der Waals surface area (Å²) >= 11 is 1.79. The number of fused-ring (bicyclic) bond motifs is 1. The molecule has 3 rings (SSSR count). The van der Waals surface area contributed by atoms with Gasteiger partial charge in [-0.1, -0.05) is 17.8 Å². The number of anilines is 1. The molecule has 0 radical (unpaired) electrons. The summed E-state index contributed by atoms with van der Waals surface area (Å²) in [5.41, 5.74) is 2.12. The zero-order valence-electron chi connectivity index (χ0n) is 11.2. The van der Waals surface area contributed by atoms with E-state index in [4.69, 9.17) is 4.99 Å². The maximum Gasteiger partial charge on any atom is 0.161 e. The number of nitrogens with one attached hydrogen (secondary N) is 1. The molecule has 0 atom stereocenters. The van der Waals surface area contributed by atoms with Gasteiger partial charge in [0, 0.05) is 23.0 Å². The Bertz CT molecular complexity index is 629. The molecule has 2 aromatic rings. The van der Waals surface area contributed by atoms with Crippen molar-refractivity contribution in [2.45, 2.75) is 25.8 Å². The number of pyridine rings is 1. The van der Waals surface area contributed by atoms with Crippen LogP contribution < -0.4 is 5.32 Å². The molecule has 0 unspecified atom stereocenters. The Morgan fingerprint density at radius 2 is 2.11 bits per heavy atom. The monoisotopic (exact) mass is 271 g/mol. The van der Waals surface area contributed by atoms with Gasteiger partial charge < -0.3 is 5.32 Å². The van der Waals surface area contributed by atoms with Crippen LogP contribution in [-0.2, 0) is 0 Å². The van der Waals surface area contributed by atoms with Gasteiger partial charge in [0.05, 0.1) is 11.1 Å². The Kier molecular flexibility index (Phi) is 3.19. The normalized spacial score (nSPS) is 18.1. The van der Waals surface area contributed by atoms with Crippen molar-refractivity contribution in [3.05, 3.63) is 36.5 Å². The topological polar surface area (TPSA) is 37.3 Å². The lowest BCUT2D eigenvalue weighted by atomic mass is 10.0. The molecule has 0 aliphatic carbocycles. The van der Waals surface area contributed by atoms with Gasteiger partial charge in [-0.3, -0.25) is 9.98 Å². The van der Waals surface area contributed by atoms with E-state index < -0.39 is 0 Å². The third-order valence-corrected chi connectivity index (χ3v) is 4.12. The predicted molar refractivity (Wildman–Crippen MR) is 84.0 cm³/mol. The van der Waals surface area contributed by atoms with Crippen LogP contribution in [-0.4, -0.2) is 21.4 Å². The highest BCUT2D eigenvalue weighted by molar-refractivity contribution is 8.14. The number of amidine groups is 1. The van der Waals surface area contributed by atoms with Crippen LogP contribution in [0.15, 0.2) is 41.5 Å². The van der Waals surface area contributed by atoms with Gasteiger partial charge in [0.15, 0.2) is 5.17 Å². The molecule has 1 aliphatic heterocycles. The fourth-order valence-corrected chi connectivity index (χ4v) is 3.44. The second kappa shape index (κ2) is 4.85. The quantitative estimate of drug-likeness (QED) is 0.854. The largest absolute Gasteiger partial charge is 0.334 e. The number of benzene rings is 1. The lowest BCUT2D eigenvalue weighted by molar-refractivity contribution is 0.507. The van der Waals surface area contributed by atoms with Crippen molar-refractivity contribution in [1.29, 1.82) is 0 Å². The lowest BCUT2D eigenvalue weighted by Crippen LogP contribution is -2.27. The van der Waals surface area contributed by atoms with E-state index in [2.05, 4.69) is 36.3 Å². The highest BCUT2D eigenvalue weighted by atomic mass is 32.2. The van der Waals surface area contributed by atoms with Crippen LogP contribution in [0.3, 0.4) is 0 Å². The summed E-state index contributed by atoms with van der Waals surface area (Å²) in [5.74, 6) is 1.11. The van der Waals surface area contributed by atoms with Gasteiger partial charge in [0.1, 0.15) is 0 Å². The molecule has 3 nitrogen and oxygen atoms in total. The first-order valence-corrected chi connectivity index (χ1v) is 7.46. The average molecular weight is 271 g/mol. The van der Waals surface area contributed by atoms with Gasteiger partial charge in [-0.2, -0.15) is 0 Å². The first-order chi connectivity index (χ1) is 9.14. The van der Waals surface area contributed by atoms with Gasteiger partial charge in [0.25, 0.3) is 0 Å². The summed E-state index contributed by atoms with van der Waals surface area (Å²) in [5, 5.41) is 5.60. The molecule has 1 aliphatic rings. The molecule has 4 heteroatoms. The van der Waals surface area contributed by atoms with Crippen LogP contribution >= 0.6 is 11.8 Å².